The zero-order chi connectivity index (χ0) is 19.4. The van der Waals surface area contributed by atoms with Gasteiger partial charge in [-0.15, -0.1) is 13.2 Å². The normalized spacial score (nSPS) is 11.4. The van der Waals surface area contributed by atoms with Gasteiger partial charge in [0, 0.05) is 13.1 Å². The van der Waals surface area contributed by atoms with Gasteiger partial charge >= 0.3 is 5.97 Å². The Balaban J connectivity index is 3.07. The maximum absolute atomic E-state index is 11.8. The third-order valence-corrected chi connectivity index (χ3v) is 3.60. The first-order valence-corrected chi connectivity index (χ1v) is 8.36. The number of rotatable bonds is 14. The zero-order valence-corrected chi connectivity index (χ0v) is 15.1. The first-order chi connectivity index (χ1) is 12.6. The highest BCUT2D eigenvalue weighted by atomic mass is 16.5. The molecule has 0 aliphatic heterocycles. The van der Waals surface area contributed by atoms with Crippen LogP contribution in [0, 0.1) is 0 Å². The summed E-state index contributed by atoms with van der Waals surface area (Å²) in [7, 11) is 0. The Hall–Kier alpha value is -2.79. The molecule has 5 heteroatoms. The lowest BCUT2D eigenvalue weighted by Gasteiger charge is -2.26. The third kappa shape index (κ3) is 6.61. The molecule has 1 aromatic carbocycles. The van der Waals surface area contributed by atoms with E-state index in [4.69, 9.17) is 9.47 Å². The Morgan fingerprint density at radius 3 is 2.08 bits per heavy atom. The van der Waals surface area contributed by atoms with E-state index in [0.29, 0.717) is 44.2 Å². The molecule has 1 atom stereocenters. The molecule has 26 heavy (non-hydrogen) atoms. The van der Waals surface area contributed by atoms with Gasteiger partial charge in [0.1, 0.15) is 19.3 Å². The number of ether oxygens (including phenoxy) is 2. The first-order valence-electron chi connectivity index (χ1n) is 8.36. The lowest BCUT2D eigenvalue weighted by Crippen LogP contribution is -2.43. The highest BCUT2D eigenvalue weighted by Crippen LogP contribution is 2.29. The molecule has 0 fully saturated rings. The molecule has 0 spiro atoms. The van der Waals surface area contributed by atoms with Gasteiger partial charge in [0.05, 0.1) is 0 Å². The Kier molecular flexibility index (Phi) is 9.57. The summed E-state index contributed by atoms with van der Waals surface area (Å²) in [6.45, 7) is 16.3. The lowest BCUT2D eigenvalue weighted by atomic mass is 10.0. The summed E-state index contributed by atoms with van der Waals surface area (Å²) in [5.41, 5.74) is 0.834. The van der Waals surface area contributed by atoms with Crippen LogP contribution in [-0.2, 0) is 11.2 Å². The number of nitrogens with zero attached hydrogens (tertiary/aromatic N) is 1. The van der Waals surface area contributed by atoms with E-state index >= 15 is 0 Å². The summed E-state index contributed by atoms with van der Waals surface area (Å²) in [6.07, 6.45) is 6.98. The van der Waals surface area contributed by atoms with Gasteiger partial charge in [-0.05, 0) is 24.1 Å². The second-order valence-corrected chi connectivity index (χ2v) is 5.57. The van der Waals surface area contributed by atoms with Crippen LogP contribution in [0.15, 0.2) is 68.8 Å². The van der Waals surface area contributed by atoms with Crippen LogP contribution in [0.4, 0.5) is 0 Å². The number of hydrogen-bond donors (Lipinski definition) is 1. The van der Waals surface area contributed by atoms with E-state index in [9.17, 15) is 9.90 Å². The molecule has 0 unspecified atom stereocenters. The van der Waals surface area contributed by atoms with Gasteiger partial charge in [0.15, 0.2) is 11.5 Å². The number of hydrogen-bond acceptors (Lipinski definition) is 4. The van der Waals surface area contributed by atoms with Gasteiger partial charge in [0.25, 0.3) is 0 Å². The fourth-order valence-corrected chi connectivity index (χ4v) is 2.47. The molecule has 0 aliphatic carbocycles. The Bertz CT molecular complexity index is 629. The molecule has 140 valence electrons. The summed E-state index contributed by atoms with van der Waals surface area (Å²) in [5.74, 6) is 0.234. The number of benzene rings is 1. The van der Waals surface area contributed by atoms with Crippen LogP contribution < -0.4 is 9.47 Å². The second-order valence-electron chi connectivity index (χ2n) is 5.57. The fourth-order valence-electron chi connectivity index (χ4n) is 2.47. The topological polar surface area (TPSA) is 59.0 Å². The average Bonchev–Trinajstić information content (AvgIpc) is 2.63. The summed E-state index contributed by atoms with van der Waals surface area (Å²) in [5, 5.41) is 9.65. The van der Waals surface area contributed by atoms with E-state index in [1.54, 1.807) is 41.3 Å². The van der Waals surface area contributed by atoms with E-state index in [2.05, 4.69) is 26.3 Å². The van der Waals surface area contributed by atoms with Crippen molar-refractivity contribution in [1.82, 2.24) is 4.90 Å². The SMILES string of the molecule is C=CCOc1ccc(C[C@@H](C(=O)O)N(CC=C)CC=C)cc1OCC=C. The van der Waals surface area contributed by atoms with Gasteiger partial charge in [-0.3, -0.25) is 9.69 Å². The standard InChI is InChI=1S/C21H27NO4/c1-5-11-22(12-6-2)18(21(23)24)15-17-9-10-19(25-13-7-3)20(16-17)26-14-8-4/h5-10,16,18H,1-4,11-15H2,(H,23,24)/t18-/m0/s1. The molecule has 0 bridgehead atoms. The fraction of sp³-hybridized carbons (Fsp3) is 0.286. The second kappa shape index (κ2) is 11.7. The van der Waals surface area contributed by atoms with E-state index < -0.39 is 12.0 Å². The minimum atomic E-state index is -0.894. The predicted octanol–water partition coefficient (Wildman–Crippen LogP) is 3.49. The van der Waals surface area contributed by atoms with Crippen molar-refractivity contribution in [2.45, 2.75) is 12.5 Å². The van der Waals surface area contributed by atoms with Crippen LogP contribution in [0.2, 0.25) is 0 Å². The maximum atomic E-state index is 11.8. The van der Waals surface area contributed by atoms with Crippen molar-refractivity contribution in [3.63, 3.8) is 0 Å². The molecule has 0 amide bonds. The Morgan fingerprint density at radius 1 is 1.00 bits per heavy atom. The minimum absolute atomic E-state index is 0.323. The molecule has 0 saturated heterocycles. The van der Waals surface area contributed by atoms with Gasteiger partial charge in [-0.2, -0.15) is 0 Å². The molecule has 0 aliphatic rings. The van der Waals surface area contributed by atoms with Crippen molar-refractivity contribution >= 4 is 5.97 Å². The predicted molar refractivity (Wildman–Crippen MR) is 105 cm³/mol. The minimum Gasteiger partial charge on any atom is -0.486 e. The molecule has 1 aromatic rings. The Morgan fingerprint density at radius 2 is 1.58 bits per heavy atom. The van der Waals surface area contributed by atoms with Crippen LogP contribution in [-0.4, -0.2) is 48.3 Å². The van der Waals surface area contributed by atoms with Crippen molar-refractivity contribution in [3.05, 3.63) is 74.4 Å². The van der Waals surface area contributed by atoms with E-state index in [0.717, 1.165) is 5.56 Å². The molecular weight excluding hydrogens is 330 g/mol. The number of carbonyl (C=O) groups is 1. The molecule has 0 radical (unpaired) electrons. The smallest absolute Gasteiger partial charge is 0.321 e. The van der Waals surface area contributed by atoms with Gasteiger partial charge < -0.3 is 14.6 Å². The van der Waals surface area contributed by atoms with Crippen LogP contribution in [0.5, 0.6) is 11.5 Å². The molecule has 1 N–H and O–H groups in total. The van der Waals surface area contributed by atoms with Gasteiger partial charge in [0.2, 0.25) is 0 Å². The Labute approximate surface area is 155 Å². The monoisotopic (exact) mass is 357 g/mol. The number of carboxylic acid groups (broad SMARTS) is 1. The van der Waals surface area contributed by atoms with Crippen LogP contribution in [0.3, 0.4) is 0 Å². The summed E-state index contributed by atoms with van der Waals surface area (Å²) in [6, 6.07) is 4.73. The third-order valence-electron chi connectivity index (χ3n) is 3.60. The van der Waals surface area contributed by atoms with Crippen molar-refractivity contribution in [2.75, 3.05) is 26.3 Å². The largest absolute Gasteiger partial charge is 0.486 e. The van der Waals surface area contributed by atoms with E-state index in [1.807, 2.05) is 6.07 Å². The molecule has 0 aromatic heterocycles. The summed E-state index contributed by atoms with van der Waals surface area (Å²) >= 11 is 0. The quantitative estimate of drug-likeness (QED) is 0.517. The lowest BCUT2D eigenvalue weighted by molar-refractivity contribution is -0.142. The molecule has 0 saturated carbocycles. The molecular formula is C21H27NO4. The number of carboxylic acids is 1. The van der Waals surface area contributed by atoms with Gasteiger partial charge in [-0.1, -0.05) is 43.5 Å². The average molecular weight is 357 g/mol. The van der Waals surface area contributed by atoms with Crippen LogP contribution in [0.1, 0.15) is 5.56 Å². The van der Waals surface area contributed by atoms with Crippen LogP contribution >= 0.6 is 0 Å². The van der Waals surface area contributed by atoms with Crippen molar-refractivity contribution in [3.8, 4) is 11.5 Å². The number of aliphatic carboxylic acids is 1. The van der Waals surface area contributed by atoms with E-state index in [1.165, 1.54) is 0 Å². The molecule has 0 heterocycles. The molecule has 5 nitrogen and oxygen atoms in total. The first kappa shape index (κ1) is 21.3. The van der Waals surface area contributed by atoms with Crippen molar-refractivity contribution < 1.29 is 19.4 Å². The highest BCUT2D eigenvalue weighted by molar-refractivity contribution is 5.74. The molecule has 1 rings (SSSR count). The zero-order valence-electron chi connectivity index (χ0n) is 15.1. The van der Waals surface area contributed by atoms with Crippen molar-refractivity contribution in [1.29, 1.82) is 0 Å². The van der Waals surface area contributed by atoms with Gasteiger partial charge in [-0.25, -0.2) is 0 Å². The van der Waals surface area contributed by atoms with E-state index in [-0.39, 0.29) is 0 Å². The maximum Gasteiger partial charge on any atom is 0.321 e. The van der Waals surface area contributed by atoms with Crippen molar-refractivity contribution in [2.24, 2.45) is 0 Å². The van der Waals surface area contributed by atoms with Crippen LogP contribution in [0.25, 0.3) is 0 Å². The highest BCUT2D eigenvalue weighted by Gasteiger charge is 2.24. The summed E-state index contributed by atoms with van der Waals surface area (Å²) < 4.78 is 11.2. The summed E-state index contributed by atoms with van der Waals surface area (Å²) in [4.78, 5) is 13.6.